The molecule has 0 radical (unpaired) electrons. The van der Waals surface area contributed by atoms with Gasteiger partial charge in [0.1, 0.15) is 0 Å². The number of nitrogens with zero attached hydrogens (tertiary/aromatic N) is 4. The second-order valence-corrected chi connectivity index (χ2v) is 6.79. The maximum Gasteiger partial charge on any atom is 0.226 e. The number of hydrogen-bond acceptors (Lipinski definition) is 4. The van der Waals surface area contributed by atoms with Gasteiger partial charge in [-0.1, -0.05) is 23.8 Å². The summed E-state index contributed by atoms with van der Waals surface area (Å²) in [6, 6.07) is 0.367. The van der Waals surface area contributed by atoms with E-state index < -0.39 is 0 Å². The van der Waals surface area contributed by atoms with Crippen LogP contribution in [-0.2, 0) is 4.79 Å². The number of piperidine rings is 1. The van der Waals surface area contributed by atoms with E-state index in [-0.39, 0.29) is 5.92 Å². The van der Waals surface area contributed by atoms with E-state index in [2.05, 4.69) is 27.0 Å². The first-order valence-corrected chi connectivity index (χ1v) is 8.67. The molecule has 6 heteroatoms. The van der Waals surface area contributed by atoms with Crippen LogP contribution < -0.4 is 4.90 Å². The van der Waals surface area contributed by atoms with Gasteiger partial charge in [-0.3, -0.25) is 4.79 Å². The molecular weight excluding hydrogens is 312 g/mol. The van der Waals surface area contributed by atoms with Crippen molar-refractivity contribution in [2.45, 2.75) is 38.1 Å². The van der Waals surface area contributed by atoms with Gasteiger partial charge in [-0.2, -0.15) is 0 Å². The van der Waals surface area contributed by atoms with Crippen LogP contribution in [0.15, 0.2) is 24.5 Å². The van der Waals surface area contributed by atoms with Gasteiger partial charge in [-0.05, 0) is 32.1 Å². The van der Waals surface area contributed by atoms with E-state index in [1.54, 1.807) is 12.4 Å². The van der Waals surface area contributed by atoms with Crippen LogP contribution in [0.3, 0.4) is 0 Å². The van der Waals surface area contributed by atoms with E-state index in [0.717, 1.165) is 45.2 Å². The monoisotopic (exact) mass is 334 g/mol. The van der Waals surface area contributed by atoms with Gasteiger partial charge in [-0.25, -0.2) is 9.97 Å². The lowest BCUT2D eigenvalue weighted by atomic mass is 9.92. The van der Waals surface area contributed by atoms with Crippen molar-refractivity contribution < 1.29 is 4.79 Å². The summed E-state index contributed by atoms with van der Waals surface area (Å²) in [5.41, 5.74) is 0. The molecule has 1 amide bonds. The SMILES string of the molecule is CN(c1ncc(Cl)cn1)C1CCN(C(=O)C2CC=CCC2)CC1. The normalized spacial score (nSPS) is 22.2. The zero-order chi connectivity index (χ0) is 16.2. The quantitative estimate of drug-likeness (QED) is 0.797. The van der Waals surface area contributed by atoms with Crippen LogP contribution in [0.2, 0.25) is 5.02 Å². The van der Waals surface area contributed by atoms with Crippen LogP contribution in [-0.4, -0.2) is 47.0 Å². The molecule has 2 heterocycles. The molecule has 0 saturated carbocycles. The highest BCUT2D eigenvalue weighted by molar-refractivity contribution is 6.30. The molecule has 23 heavy (non-hydrogen) atoms. The Labute approximate surface area is 142 Å². The maximum atomic E-state index is 12.6. The van der Waals surface area contributed by atoms with E-state index in [1.165, 1.54) is 0 Å². The zero-order valence-corrected chi connectivity index (χ0v) is 14.2. The summed E-state index contributed by atoms with van der Waals surface area (Å²) in [5, 5.41) is 0.545. The highest BCUT2D eigenvalue weighted by atomic mass is 35.5. The smallest absolute Gasteiger partial charge is 0.226 e. The zero-order valence-electron chi connectivity index (χ0n) is 13.5. The summed E-state index contributed by atoms with van der Waals surface area (Å²) in [5.74, 6) is 1.21. The van der Waals surface area contributed by atoms with E-state index in [9.17, 15) is 4.79 Å². The summed E-state index contributed by atoms with van der Waals surface area (Å²) >= 11 is 5.84. The third-order valence-electron chi connectivity index (χ3n) is 4.86. The highest BCUT2D eigenvalue weighted by Gasteiger charge is 2.30. The molecule has 0 aromatic carbocycles. The van der Waals surface area contributed by atoms with Crippen LogP contribution in [0, 0.1) is 5.92 Å². The summed E-state index contributed by atoms with van der Waals surface area (Å²) < 4.78 is 0. The Morgan fingerprint density at radius 1 is 1.22 bits per heavy atom. The Morgan fingerprint density at radius 3 is 2.52 bits per heavy atom. The molecule has 0 bridgehead atoms. The van der Waals surface area contributed by atoms with Crippen molar-refractivity contribution in [3.63, 3.8) is 0 Å². The Balaban J connectivity index is 1.54. The third kappa shape index (κ3) is 3.83. The first-order chi connectivity index (χ1) is 11.1. The van der Waals surface area contributed by atoms with E-state index >= 15 is 0 Å². The van der Waals surface area contributed by atoms with Gasteiger partial charge in [0, 0.05) is 32.1 Å². The van der Waals surface area contributed by atoms with Crippen molar-refractivity contribution in [1.82, 2.24) is 14.9 Å². The molecular formula is C17H23ClN4O. The number of halogens is 1. The number of carbonyl (C=O) groups excluding carboxylic acids is 1. The van der Waals surface area contributed by atoms with Crippen LogP contribution in [0.25, 0.3) is 0 Å². The van der Waals surface area contributed by atoms with Crippen LogP contribution in [0.4, 0.5) is 5.95 Å². The summed E-state index contributed by atoms with van der Waals surface area (Å²) in [6.45, 7) is 1.64. The van der Waals surface area contributed by atoms with Crippen LogP contribution in [0.1, 0.15) is 32.1 Å². The number of likely N-dealkylation sites (tertiary alicyclic amines) is 1. The fourth-order valence-electron chi connectivity index (χ4n) is 3.40. The van der Waals surface area contributed by atoms with Crippen molar-refractivity contribution in [1.29, 1.82) is 0 Å². The third-order valence-corrected chi connectivity index (χ3v) is 5.06. The topological polar surface area (TPSA) is 49.3 Å². The van der Waals surface area contributed by atoms with E-state index in [4.69, 9.17) is 11.6 Å². The minimum absolute atomic E-state index is 0.189. The molecule has 0 N–H and O–H groups in total. The van der Waals surface area contributed by atoms with Gasteiger partial charge in [0.05, 0.1) is 17.4 Å². The minimum Gasteiger partial charge on any atom is -0.342 e. The minimum atomic E-state index is 0.189. The number of anilines is 1. The van der Waals surface area contributed by atoms with Gasteiger partial charge in [-0.15, -0.1) is 0 Å². The lowest BCUT2D eigenvalue weighted by molar-refractivity contribution is -0.136. The molecule has 0 spiro atoms. The molecule has 1 saturated heterocycles. The molecule has 2 aliphatic rings. The van der Waals surface area contributed by atoms with Gasteiger partial charge in [0.25, 0.3) is 0 Å². The largest absolute Gasteiger partial charge is 0.342 e. The average Bonchev–Trinajstić information content (AvgIpc) is 2.62. The highest BCUT2D eigenvalue weighted by Crippen LogP contribution is 2.24. The summed E-state index contributed by atoms with van der Waals surface area (Å²) in [4.78, 5) is 25.3. The Kier molecular flexibility index (Phi) is 5.16. The Morgan fingerprint density at radius 2 is 1.91 bits per heavy atom. The fraction of sp³-hybridized carbons (Fsp3) is 0.588. The first kappa shape index (κ1) is 16.2. The number of amides is 1. The Hall–Kier alpha value is -1.62. The number of rotatable bonds is 3. The lowest BCUT2D eigenvalue weighted by Gasteiger charge is -2.38. The standard InChI is InChI=1S/C17H23ClN4O/c1-21(17-19-11-14(18)12-20-17)15-7-9-22(10-8-15)16(23)13-5-3-2-4-6-13/h2-3,11-13,15H,4-10H2,1H3. The molecule has 1 unspecified atom stereocenters. The number of allylic oxidation sites excluding steroid dienone is 2. The molecule has 5 nitrogen and oxygen atoms in total. The maximum absolute atomic E-state index is 12.6. The van der Waals surface area contributed by atoms with Crippen molar-refractivity contribution in [2.24, 2.45) is 5.92 Å². The Bertz CT molecular complexity index is 566. The predicted molar refractivity (Wildman–Crippen MR) is 91.5 cm³/mol. The molecule has 1 aliphatic heterocycles. The van der Waals surface area contributed by atoms with E-state index in [0.29, 0.717) is 22.9 Å². The van der Waals surface area contributed by atoms with Gasteiger partial charge < -0.3 is 9.80 Å². The molecule has 1 fully saturated rings. The predicted octanol–water partition coefficient (Wildman–Crippen LogP) is 2.91. The second kappa shape index (κ2) is 7.30. The summed E-state index contributed by atoms with van der Waals surface area (Å²) in [6.07, 6.45) is 12.4. The van der Waals surface area contributed by atoms with Gasteiger partial charge in [0.15, 0.2) is 0 Å². The van der Waals surface area contributed by atoms with Crippen LogP contribution >= 0.6 is 11.6 Å². The molecule has 3 rings (SSSR count). The average molecular weight is 335 g/mol. The van der Waals surface area contributed by atoms with Crippen molar-refractivity contribution in [2.75, 3.05) is 25.0 Å². The molecule has 1 atom stereocenters. The van der Waals surface area contributed by atoms with Gasteiger partial charge in [0.2, 0.25) is 11.9 Å². The van der Waals surface area contributed by atoms with Crippen molar-refractivity contribution >= 4 is 23.5 Å². The first-order valence-electron chi connectivity index (χ1n) is 8.29. The molecule has 1 aromatic rings. The van der Waals surface area contributed by atoms with Crippen molar-refractivity contribution in [3.8, 4) is 0 Å². The second-order valence-electron chi connectivity index (χ2n) is 6.35. The van der Waals surface area contributed by atoms with E-state index in [1.807, 2.05) is 11.9 Å². The fourth-order valence-corrected chi connectivity index (χ4v) is 3.50. The molecule has 124 valence electrons. The number of aromatic nitrogens is 2. The van der Waals surface area contributed by atoms with Gasteiger partial charge >= 0.3 is 0 Å². The summed E-state index contributed by atoms with van der Waals surface area (Å²) in [7, 11) is 2.01. The van der Waals surface area contributed by atoms with Crippen LogP contribution in [0.5, 0.6) is 0 Å². The number of hydrogen-bond donors (Lipinski definition) is 0. The lowest BCUT2D eigenvalue weighted by Crippen LogP contribution is -2.47. The molecule has 1 aromatic heterocycles. The number of carbonyl (C=O) groups is 1. The van der Waals surface area contributed by atoms with Crippen molar-refractivity contribution in [3.05, 3.63) is 29.6 Å². The molecule has 1 aliphatic carbocycles.